The lowest BCUT2D eigenvalue weighted by molar-refractivity contribution is 0.621. The Kier molecular flexibility index (Phi) is 4.09. The zero-order valence-electron chi connectivity index (χ0n) is 8.13. The Morgan fingerprint density at radius 1 is 1.57 bits per heavy atom. The maximum Gasteiger partial charge on any atom is 0.142 e. The molecule has 0 saturated heterocycles. The Labute approximate surface area is 83.3 Å². The normalized spacial score (nSPS) is 11.6. The van der Waals surface area contributed by atoms with Crippen molar-refractivity contribution < 1.29 is 4.39 Å². The van der Waals surface area contributed by atoms with Gasteiger partial charge in [0.1, 0.15) is 5.82 Å². The molecule has 0 bridgehead atoms. The number of hydrogen-bond donors (Lipinski definition) is 1. The molecule has 0 radical (unpaired) electrons. The Morgan fingerprint density at radius 2 is 2.36 bits per heavy atom. The predicted molar refractivity (Wildman–Crippen MR) is 54.0 cm³/mol. The third kappa shape index (κ3) is 3.55. The highest BCUT2D eigenvalue weighted by Gasteiger charge is 1.94. The number of halogens is 1. The molecule has 1 aromatic rings. The van der Waals surface area contributed by atoms with Gasteiger partial charge >= 0.3 is 0 Å². The third-order valence-electron chi connectivity index (χ3n) is 1.71. The number of nitrogens with two attached hydrogens (primary N) is 1. The minimum Gasteiger partial charge on any atom is -0.318 e. The minimum absolute atomic E-state index is 0.136. The van der Waals surface area contributed by atoms with Gasteiger partial charge in [0.25, 0.3) is 0 Å². The van der Waals surface area contributed by atoms with Gasteiger partial charge in [-0.05, 0) is 12.5 Å². The smallest absolute Gasteiger partial charge is 0.142 e. The molecule has 0 spiro atoms. The number of hydrogen-bond acceptors (Lipinski definition) is 2. The van der Waals surface area contributed by atoms with E-state index in [-0.39, 0.29) is 11.9 Å². The van der Waals surface area contributed by atoms with E-state index in [0.717, 1.165) is 19.0 Å². The average Bonchev–Trinajstić information content (AvgIpc) is 2.15. The van der Waals surface area contributed by atoms with Gasteiger partial charge in [-0.25, -0.2) is 4.39 Å². The molecule has 1 aromatic heterocycles. The van der Waals surface area contributed by atoms with Crippen LogP contribution < -0.4 is 5.73 Å². The maximum absolute atomic E-state index is 12.7. The molecular weight excluding hydrogens is 179 g/mol. The fourth-order valence-electron chi connectivity index (χ4n) is 1.04. The van der Waals surface area contributed by atoms with Crippen LogP contribution in [0.15, 0.2) is 18.5 Å². The lowest BCUT2D eigenvalue weighted by Crippen LogP contribution is -2.16. The van der Waals surface area contributed by atoms with E-state index in [1.54, 1.807) is 0 Å². The molecule has 0 amide bonds. The molecular formula is C11H13FN2. The zero-order valence-corrected chi connectivity index (χ0v) is 8.13. The van der Waals surface area contributed by atoms with Crippen LogP contribution in [0.5, 0.6) is 0 Å². The molecule has 0 saturated carbocycles. The van der Waals surface area contributed by atoms with Crippen LogP contribution in [-0.4, -0.2) is 11.0 Å². The van der Waals surface area contributed by atoms with Crippen molar-refractivity contribution in [1.82, 2.24) is 4.98 Å². The van der Waals surface area contributed by atoms with Gasteiger partial charge < -0.3 is 5.73 Å². The van der Waals surface area contributed by atoms with E-state index in [4.69, 9.17) is 5.73 Å². The van der Waals surface area contributed by atoms with Crippen molar-refractivity contribution in [2.45, 2.75) is 25.8 Å². The summed E-state index contributed by atoms with van der Waals surface area (Å²) in [7, 11) is 0. The van der Waals surface area contributed by atoms with Crippen molar-refractivity contribution in [3.05, 3.63) is 29.8 Å². The Bertz CT molecular complexity index is 352. The number of aromatic nitrogens is 1. The third-order valence-corrected chi connectivity index (χ3v) is 1.71. The molecule has 74 valence electrons. The van der Waals surface area contributed by atoms with Crippen molar-refractivity contribution in [3.8, 4) is 11.8 Å². The van der Waals surface area contributed by atoms with E-state index >= 15 is 0 Å². The Hall–Kier alpha value is -1.40. The summed E-state index contributed by atoms with van der Waals surface area (Å²) in [4.78, 5) is 3.69. The highest BCUT2D eigenvalue weighted by Crippen LogP contribution is 1.99. The van der Waals surface area contributed by atoms with Gasteiger partial charge in [-0.1, -0.05) is 25.2 Å². The van der Waals surface area contributed by atoms with E-state index < -0.39 is 0 Å². The largest absolute Gasteiger partial charge is 0.318 e. The first kappa shape index (κ1) is 10.7. The topological polar surface area (TPSA) is 38.9 Å². The monoisotopic (exact) mass is 192 g/mol. The molecule has 0 aliphatic rings. The molecule has 0 aromatic carbocycles. The summed E-state index contributed by atoms with van der Waals surface area (Å²) >= 11 is 0. The van der Waals surface area contributed by atoms with E-state index in [9.17, 15) is 4.39 Å². The van der Waals surface area contributed by atoms with E-state index in [0.29, 0.717) is 5.56 Å². The second kappa shape index (κ2) is 5.36. The standard InChI is InChI=1S/C11H13FN2/c1-2-3-11(13)5-4-9-6-10(12)8-14-7-9/h6-8,11H,2-3,13H2,1H3. The lowest BCUT2D eigenvalue weighted by Gasteiger charge is -1.98. The lowest BCUT2D eigenvalue weighted by atomic mass is 10.2. The summed E-state index contributed by atoms with van der Waals surface area (Å²) in [6, 6.07) is 1.21. The molecule has 0 aliphatic heterocycles. The fourth-order valence-corrected chi connectivity index (χ4v) is 1.04. The van der Waals surface area contributed by atoms with Crippen LogP contribution in [0.4, 0.5) is 4.39 Å². The SMILES string of the molecule is CCCC(N)C#Cc1cncc(F)c1. The van der Waals surface area contributed by atoms with E-state index in [2.05, 4.69) is 16.8 Å². The molecule has 2 nitrogen and oxygen atoms in total. The van der Waals surface area contributed by atoms with Crippen molar-refractivity contribution in [1.29, 1.82) is 0 Å². The van der Waals surface area contributed by atoms with Crippen LogP contribution in [0, 0.1) is 17.7 Å². The van der Waals surface area contributed by atoms with Crippen LogP contribution in [0.25, 0.3) is 0 Å². The molecule has 1 heterocycles. The van der Waals surface area contributed by atoms with Gasteiger partial charge in [0.2, 0.25) is 0 Å². The van der Waals surface area contributed by atoms with Crippen molar-refractivity contribution in [2.75, 3.05) is 0 Å². The van der Waals surface area contributed by atoms with Crippen molar-refractivity contribution in [3.63, 3.8) is 0 Å². The summed E-state index contributed by atoms with van der Waals surface area (Å²) in [5.41, 5.74) is 6.25. The summed E-state index contributed by atoms with van der Waals surface area (Å²) in [6.07, 6.45) is 4.53. The van der Waals surface area contributed by atoms with Gasteiger partial charge in [-0.15, -0.1) is 0 Å². The molecule has 14 heavy (non-hydrogen) atoms. The van der Waals surface area contributed by atoms with Gasteiger partial charge in [-0.2, -0.15) is 0 Å². The van der Waals surface area contributed by atoms with E-state index in [1.807, 2.05) is 6.92 Å². The molecule has 1 atom stereocenters. The highest BCUT2D eigenvalue weighted by atomic mass is 19.1. The van der Waals surface area contributed by atoms with E-state index in [1.165, 1.54) is 12.3 Å². The zero-order chi connectivity index (χ0) is 10.4. The average molecular weight is 192 g/mol. The number of pyridine rings is 1. The van der Waals surface area contributed by atoms with Crippen molar-refractivity contribution in [2.24, 2.45) is 5.73 Å². The van der Waals surface area contributed by atoms with Gasteiger partial charge in [0, 0.05) is 11.8 Å². The second-order valence-corrected chi connectivity index (χ2v) is 3.06. The number of nitrogens with zero attached hydrogens (tertiary/aromatic N) is 1. The Morgan fingerprint density at radius 3 is 3.00 bits per heavy atom. The first-order chi connectivity index (χ1) is 6.72. The Balaban J connectivity index is 2.67. The molecule has 1 unspecified atom stereocenters. The summed E-state index contributed by atoms with van der Waals surface area (Å²) in [5, 5.41) is 0. The number of rotatable bonds is 2. The highest BCUT2D eigenvalue weighted by molar-refractivity contribution is 5.32. The molecule has 0 aliphatic carbocycles. The first-order valence-electron chi connectivity index (χ1n) is 4.60. The van der Waals surface area contributed by atoms with Crippen LogP contribution in [0.3, 0.4) is 0 Å². The molecule has 3 heteroatoms. The van der Waals surface area contributed by atoms with Crippen molar-refractivity contribution >= 4 is 0 Å². The predicted octanol–water partition coefficient (Wildman–Crippen LogP) is 1.70. The van der Waals surface area contributed by atoms with Crippen LogP contribution >= 0.6 is 0 Å². The second-order valence-electron chi connectivity index (χ2n) is 3.06. The van der Waals surface area contributed by atoms with Gasteiger partial charge in [0.05, 0.1) is 12.2 Å². The minimum atomic E-state index is -0.374. The summed E-state index contributed by atoms with van der Waals surface area (Å²) in [5.74, 6) is 5.27. The summed E-state index contributed by atoms with van der Waals surface area (Å²) < 4.78 is 12.7. The first-order valence-corrected chi connectivity index (χ1v) is 4.60. The van der Waals surface area contributed by atoms with Gasteiger partial charge in [-0.3, -0.25) is 4.98 Å². The van der Waals surface area contributed by atoms with Crippen LogP contribution in [0.1, 0.15) is 25.3 Å². The molecule has 1 rings (SSSR count). The fraction of sp³-hybridized carbons (Fsp3) is 0.364. The quantitative estimate of drug-likeness (QED) is 0.724. The molecule has 2 N–H and O–H groups in total. The maximum atomic E-state index is 12.7. The molecule has 0 fully saturated rings. The van der Waals surface area contributed by atoms with Crippen LogP contribution in [0.2, 0.25) is 0 Å². The van der Waals surface area contributed by atoms with Crippen LogP contribution in [-0.2, 0) is 0 Å². The van der Waals surface area contributed by atoms with Gasteiger partial charge in [0.15, 0.2) is 0 Å². The summed E-state index contributed by atoms with van der Waals surface area (Å²) in [6.45, 7) is 2.05.